The molecule has 2 aliphatic rings. The maximum atomic E-state index is 14.0. The summed E-state index contributed by atoms with van der Waals surface area (Å²) in [4.78, 5) is 44.6. The number of hydrazine groups is 1. The number of piperazine rings is 1. The smallest absolute Gasteiger partial charge is 0.333 e. The van der Waals surface area contributed by atoms with Crippen LogP contribution in [0.1, 0.15) is 22.3 Å². The maximum Gasteiger partial charge on any atom is 0.334 e. The van der Waals surface area contributed by atoms with Gasteiger partial charge in [0.25, 0.3) is 0 Å². The average molecular weight is 536 g/mol. The van der Waals surface area contributed by atoms with E-state index < -0.39 is 12.2 Å². The van der Waals surface area contributed by atoms with E-state index in [1.54, 1.807) is 14.8 Å². The topological polar surface area (TPSA) is 76.2 Å². The Kier molecular flexibility index (Phi) is 8.13. The Bertz CT molecular complexity index is 1390. The molecule has 0 saturated carbocycles. The van der Waals surface area contributed by atoms with Crippen LogP contribution in [0.2, 0.25) is 0 Å². The molecule has 0 radical (unpaired) electrons. The molecule has 2 heterocycles. The number of fused-ring (bicyclic) bond motifs is 1. The van der Waals surface area contributed by atoms with Gasteiger partial charge in [-0.3, -0.25) is 9.59 Å². The normalized spacial score (nSPS) is 19.2. The Morgan fingerprint density at radius 1 is 0.925 bits per heavy atom. The van der Waals surface area contributed by atoms with Crippen molar-refractivity contribution in [1.29, 1.82) is 0 Å². The summed E-state index contributed by atoms with van der Waals surface area (Å²) in [6.07, 6.45) is 5.30. The molecule has 1 N–H and O–H groups in total. The third kappa shape index (κ3) is 5.85. The largest absolute Gasteiger partial charge is 0.334 e. The number of hydrogen-bond donors (Lipinski definition) is 1. The standard InChI is InChI=1S/C32H33N5O3/c1-3-18-35-23-30(38)36-28(19-25-10-6-4-7-11-25)31(39)34(21-27-16-14-24(2)15-17-27)22-29(36)37(35)32(40)33-20-26-12-8-5-9-13-26/h1,4-17,28-29H,18-23H2,2H3,(H,33,40)/t28-,29?/m0/s1. The van der Waals surface area contributed by atoms with Crippen LogP contribution in [0.5, 0.6) is 0 Å². The lowest BCUT2D eigenvalue weighted by Gasteiger charge is -2.55. The van der Waals surface area contributed by atoms with E-state index in [4.69, 9.17) is 6.42 Å². The van der Waals surface area contributed by atoms with Crippen molar-refractivity contribution in [1.82, 2.24) is 25.1 Å². The van der Waals surface area contributed by atoms with Crippen molar-refractivity contribution in [3.8, 4) is 12.3 Å². The number of urea groups is 1. The number of nitrogens with one attached hydrogen (secondary N) is 1. The molecule has 0 aromatic heterocycles. The molecule has 0 bridgehead atoms. The van der Waals surface area contributed by atoms with E-state index in [0.717, 1.165) is 22.3 Å². The van der Waals surface area contributed by atoms with Crippen LogP contribution in [0.3, 0.4) is 0 Å². The van der Waals surface area contributed by atoms with Gasteiger partial charge in [0, 0.05) is 19.5 Å². The Hall–Kier alpha value is -4.61. The first-order chi connectivity index (χ1) is 19.4. The summed E-state index contributed by atoms with van der Waals surface area (Å²) in [6.45, 7) is 2.88. The molecule has 3 aromatic carbocycles. The molecule has 2 fully saturated rings. The van der Waals surface area contributed by atoms with Crippen LogP contribution >= 0.6 is 0 Å². The first-order valence-corrected chi connectivity index (χ1v) is 13.4. The molecule has 204 valence electrons. The van der Waals surface area contributed by atoms with Crippen LogP contribution < -0.4 is 5.32 Å². The molecule has 0 spiro atoms. The summed E-state index contributed by atoms with van der Waals surface area (Å²) >= 11 is 0. The Morgan fingerprint density at radius 3 is 2.23 bits per heavy atom. The third-order valence-electron chi connectivity index (χ3n) is 7.36. The number of terminal acetylenes is 1. The SMILES string of the molecule is C#CCN1CC(=O)N2C(CN(Cc3ccc(C)cc3)C(=O)[C@@H]2Cc2ccccc2)N1C(=O)NCc1ccccc1. The number of carbonyl (C=O) groups is 3. The van der Waals surface area contributed by atoms with Crippen molar-refractivity contribution in [3.63, 3.8) is 0 Å². The zero-order valence-corrected chi connectivity index (χ0v) is 22.6. The van der Waals surface area contributed by atoms with Gasteiger partial charge < -0.3 is 15.1 Å². The maximum absolute atomic E-state index is 14.0. The van der Waals surface area contributed by atoms with Gasteiger partial charge in [-0.15, -0.1) is 6.42 Å². The second kappa shape index (κ2) is 12.1. The molecular weight excluding hydrogens is 502 g/mol. The number of rotatable bonds is 7. The first kappa shape index (κ1) is 27.0. The van der Waals surface area contributed by atoms with Crippen LogP contribution in [0.15, 0.2) is 84.9 Å². The van der Waals surface area contributed by atoms with Gasteiger partial charge in [0.05, 0.1) is 19.6 Å². The van der Waals surface area contributed by atoms with Crippen LogP contribution in [-0.2, 0) is 29.1 Å². The lowest BCUT2D eigenvalue weighted by molar-refractivity contribution is -0.189. The first-order valence-electron chi connectivity index (χ1n) is 13.4. The monoisotopic (exact) mass is 535 g/mol. The minimum Gasteiger partial charge on any atom is -0.333 e. The van der Waals surface area contributed by atoms with E-state index in [-0.39, 0.29) is 37.5 Å². The lowest BCUT2D eigenvalue weighted by atomic mass is 9.98. The quantitative estimate of drug-likeness (QED) is 0.472. The second-order valence-electron chi connectivity index (χ2n) is 10.2. The molecule has 8 heteroatoms. The summed E-state index contributed by atoms with van der Waals surface area (Å²) in [5.74, 6) is 2.22. The van der Waals surface area contributed by atoms with Crippen molar-refractivity contribution < 1.29 is 14.4 Å². The number of hydrogen-bond acceptors (Lipinski definition) is 4. The molecule has 40 heavy (non-hydrogen) atoms. The van der Waals surface area contributed by atoms with E-state index in [2.05, 4.69) is 11.2 Å². The highest BCUT2D eigenvalue weighted by Crippen LogP contribution is 2.29. The highest BCUT2D eigenvalue weighted by molar-refractivity contribution is 5.91. The second-order valence-corrected chi connectivity index (χ2v) is 10.2. The molecular formula is C32H33N5O3. The van der Waals surface area contributed by atoms with Crippen molar-refractivity contribution in [2.45, 2.75) is 38.6 Å². The van der Waals surface area contributed by atoms with Gasteiger partial charge >= 0.3 is 6.03 Å². The van der Waals surface area contributed by atoms with Gasteiger partial charge in [-0.05, 0) is 23.6 Å². The van der Waals surface area contributed by atoms with Crippen LogP contribution in [0, 0.1) is 19.3 Å². The molecule has 3 aromatic rings. The van der Waals surface area contributed by atoms with Gasteiger partial charge in [0.2, 0.25) is 11.8 Å². The minimum absolute atomic E-state index is 0.0873. The predicted octanol–water partition coefficient (Wildman–Crippen LogP) is 3.18. The Morgan fingerprint density at radius 2 is 1.57 bits per heavy atom. The summed E-state index contributed by atoms with van der Waals surface area (Å²) in [6, 6.07) is 26.2. The molecule has 2 saturated heterocycles. The Labute approximate surface area is 235 Å². The zero-order valence-electron chi connectivity index (χ0n) is 22.6. The van der Waals surface area contributed by atoms with E-state index in [1.807, 2.05) is 91.9 Å². The number of amides is 4. The Balaban J connectivity index is 1.48. The van der Waals surface area contributed by atoms with Crippen LogP contribution in [0.4, 0.5) is 4.79 Å². The predicted molar refractivity (Wildman–Crippen MR) is 152 cm³/mol. The van der Waals surface area contributed by atoms with Gasteiger partial charge in [0.15, 0.2) is 0 Å². The summed E-state index contributed by atoms with van der Waals surface area (Å²) in [5, 5.41) is 6.13. The molecule has 8 nitrogen and oxygen atoms in total. The minimum atomic E-state index is -0.753. The van der Waals surface area contributed by atoms with E-state index >= 15 is 0 Å². The fourth-order valence-electron chi connectivity index (χ4n) is 5.39. The van der Waals surface area contributed by atoms with Gasteiger partial charge in [-0.25, -0.2) is 9.80 Å². The van der Waals surface area contributed by atoms with E-state index in [9.17, 15) is 14.4 Å². The number of carbonyl (C=O) groups excluding carboxylic acids is 3. The molecule has 4 amide bonds. The summed E-state index contributed by atoms with van der Waals surface area (Å²) < 4.78 is 0. The molecule has 0 aliphatic carbocycles. The lowest BCUT2D eigenvalue weighted by Crippen LogP contribution is -2.76. The summed E-state index contributed by atoms with van der Waals surface area (Å²) in [5.41, 5.74) is 4.00. The van der Waals surface area contributed by atoms with Crippen LogP contribution in [-0.4, -0.2) is 69.5 Å². The zero-order chi connectivity index (χ0) is 28.1. The van der Waals surface area contributed by atoms with E-state index in [1.165, 1.54) is 5.01 Å². The van der Waals surface area contributed by atoms with Crippen molar-refractivity contribution >= 4 is 17.8 Å². The van der Waals surface area contributed by atoms with Crippen molar-refractivity contribution in [2.24, 2.45) is 0 Å². The molecule has 2 atom stereocenters. The molecule has 2 aliphatic heterocycles. The highest BCUT2D eigenvalue weighted by Gasteiger charge is 2.51. The summed E-state index contributed by atoms with van der Waals surface area (Å²) in [7, 11) is 0. The molecule has 5 rings (SSSR count). The van der Waals surface area contributed by atoms with Crippen molar-refractivity contribution in [2.75, 3.05) is 19.6 Å². The fraction of sp³-hybridized carbons (Fsp3) is 0.281. The average Bonchev–Trinajstić information content (AvgIpc) is 2.96. The molecule has 1 unspecified atom stereocenters. The van der Waals surface area contributed by atoms with Crippen LogP contribution in [0.25, 0.3) is 0 Å². The fourth-order valence-corrected chi connectivity index (χ4v) is 5.39. The van der Waals surface area contributed by atoms with Crippen molar-refractivity contribution in [3.05, 3.63) is 107 Å². The van der Waals surface area contributed by atoms with Gasteiger partial charge in [-0.2, -0.15) is 5.01 Å². The van der Waals surface area contributed by atoms with Gasteiger partial charge in [0.1, 0.15) is 12.2 Å². The number of benzene rings is 3. The third-order valence-corrected chi connectivity index (χ3v) is 7.36. The van der Waals surface area contributed by atoms with E-state index in [0.29, 0.717) is 19.5 Å². The number of aryl methyl sites for hydroxylation is 1. The highest BCUT2D eigenvalue weighted by atomic mass is 16.2. The van der Waals surface area contributed by atoms with Gasteiger partial charge in [-0.1, -0.05) is 96.4 Å². The number of nitrogens with zero attached hydrogens (tertiary/aromatic N) is 4.